The number of aromatic nitrogens is 2. The van der Waals surface area contributed by atoms with Gasteiger partial charge in [0.25, 0.3) is 0 Å². The molecule has 0 fully saturated rings. The molecule has 2 N–H and O–H groups in total. The first-order valence-corrected chi connectivity index (χ1v) is 6.77. The first-order chi connectivity index (χ1) is 11.8. The van der Waals surface area contributed by atoms with Crippen LogP contribution in [0.15, 0.2) is 36.4 Å². The Morgan fingerprint density at radius 1 is 0.960 bits per heavy atom. The molecule has 3 rings (SSSR count). The van der Waals surface area contributed by atoms with Gasteiger partial charge in [0, 0.05) is 0 Å². The van der Waals surface area contributed by atoms with E-state index in [2.05, 4.69) is 5.10 Å². The molecule has 3 aromatic rings. The minimum atomic E-state index is -2.18. The van der Waals surface area contributed by atoms with E-state index in [1.54, 1.807) is 18.2 Å². The highest BCUT2D eigenvalue weighted by Crippen LogP contribution is 2.38. The minimum Gasteiger partial charge on any atom is -0.504 e. The Morgan fingerprint density at radius 2 is 1.56 bits per heavy atom. The number of carboxylic acids is 1. The molecule has 0 saturated carbocycles. The largest absolute Gasteiger partial charge is 0.504 e. The number of carboxylic acid groups (broad SMARTS) is 1. The van der Waals surface area contributed by atoms with Gasteiger partial charge in [0.15, 0.2) is 23.1 Å². The van der Waals surface area contributed by atoms with Crippen LogP contribution in [0.25, 0.3) is 16.9 Å². The smallest absolute Gasteiger partial charge is 0.356 e. The van der Waals surface area contributed by atoms with Crippen molar-refractivity contribution in [2.24, 2.45) is 0 Å². The van der Waals surface area contributed by atoms with Gasteiger partial charge in [0.1, 0.15) is 0 Å². The summed E-state index contributed by atoms with van der Waals surface area (Å²) < 4.78 is 55.5. The molecule has 1 aromatic heterocycles. The second-order valence-electron chi connectivity index (χ2n) is 4.95. The molecule has 0 amide bonds. The lowest BCUT2D eigenvalue weighted by atomic mass is 10.1. The molecule has 0 spiro atoms. The third kappa shape index (κ3) is 2.59. The molecule has 5 nitrogen and oxygen atoms in total. The number of aromatic carboxylic acids is 1. The topological polar surface area (TPSA) is 75.3 Å². The van der Waals surface area contributed by atoms with Crippen LogP contribution in [-0.2, 0) is 0 Å². The summed E-state index contributed by atoms with van der Waals surface area (Å²) in [5.74, 6) is -11.2. The summed E-state index contributed by atoms with van der Waals surface area (Å²) in [7, 11) is 0. The van der Waals surface area contributed by atoms with E-state index in [0.717, 1.165) is 10.7 Å². The van der Waals surface area contributed by atoms with E-state index in [-0.39, 0.29) is 5.69 Å². The third-order valence-corrected chi connectivity index (χ3v) is 3.43. The Bertz CT molecular complexity index is 958. The van der Waals surface area contributed by atoms with Crippen LogP contribution < -0.4 is 0 Å². The van der Waals surface area contributed by atoms with Gasteiger partial charge in [-0.25, -0.2) is 22.6 Å². The third-order valence-electron chi connectivity index (χ3n) is 3.43. The summed E-state index contributed by atoms with van der Waals surface area (Å²) >= 11 is 0. The zero-order valence-corrected chi connectivity index (χ0v) is 12.2. The molecule has 25 heavy (non-hydrogen) atoms. The zero-order valence-electron chi connectivity index (χ0n) is 12.2. The standard InChI is InChI=1S/C16H8F4N2O3/c17-11-10(15(23)14(20)13(19)12(11)18)9-6-8(16(24)25)21-22(9)7-4-2-1-3-5-7/h1-6,23H,(H,24,25). The van der Waals surface area contributed by atoms with E-state index in [9.17, 15) is 27.5 Å². The second-order valence-corrected chi connectivity index (χ2v) is 4.95. The molecule has 128 valence electrons. The maximum absolute atomic E-state index is 14.2. The summed E-state index contributed by atoms with van der Waals surface area (Å²) in [5.41, 5.74) is -1.84. The van der Waals surface area contributed by atoms with Crippen molar-refractivity contribution in [1.82, 2.24) is 9.78 Å². The fourth-order valence-corrected chi connectivity index (χ4v) is 2.28. The first-order valence-electron chi connectivity index (χ1n) is 6.77. The maximum Gasteiger partial charge on any atom is 0.356 e. The number of benzene rings is 2. The zero-order chi connectivity index (χ0) is 18.3. The molecule has 0 radical (unpaired) electrons. The van der Waals surface area contributed by atoms with E-state index in [1.807, 2.05) is 0 Å². The summed E-state index contributed by atoms with van der Waals surface area (Å²) in [5, 5.41) is 22.5. The van der Waals surface area contributed by atoms with Crippen LogP contribution in [-0.4, -0.2) is 26.0 Å². The molecule has 2 aromatic carbocycles. The summed E-state index contributed by atoms with van der Waals surface area (Å²) in [6.45, 7) is 0. The Labute approximate surface area is 137 Å². The van der Waals surface area contributed by atoms with E-state index < -0.39 is 51.9 Å². The van der Waals surface area contributed by atoms with Crippen LogP contribution in [0, 0.1) is 23.3 Å². The molecule has 0 bridgehead atoms. The number of aromatic hydroxyl groups is 1. The van der Waals surface area contributed by atoms with E-state index in [4.69, 9.17) is 5.11 Å². The number of carbonyl (C=O) groups is 1. The number of phenolic OH excluding ortho intramolecular Hbond substituents is 1. The van der Waals surface area contributed by atoms with Crippen molar-refractivity contribution in [3.05, 3.63) is 65.4 Å². The molecular weight excluding hydrogens is 344 g/mol. The number of halogens is 4. The van der Waals surface area contributed by atoms with Crippen LogP contribution in [0.2, 0.25) is 0 Å². The second kappa shape index (κ2) is 5.93. The van der Waals surface area contributed by atoms with Gasteiger partial charge in [0.2, 0.25) is 11.6 Å². The molecule has 9 heteroatoms. The number of para-hydroxylation sites is 1. The highest BCUT2D eigenvalue weighted by Gasteiger charge is 2.29. The van der Waals surface area contributed by atoms with Crippen LogP contribution in [0.4, 0.5) is 17.6 Å². The Kier molecular flexibility index (Phi) is 3.91. The number of rotatable bonds is 3. The van der Waals surface area contributed by atoms with Crippen molar-refractivity contribution < 1.29 is 32.6 Å². The van der Waals surface area contributed by atoms with Gasteiger partial charge in [-0.15, -0.1) is 0 Å². The van der Waals surface area contributed by atoms with Crippen molar-refractivity contribution in [1.29, 1.82) is 0 Å². The predicted molar refractivity (Wildman–Crippen MR) is 77.5 cm³/mol. The molecular formula is C16H8F4N2O3. The molecule has 0 unspecified atom stereocenters. The van der Waals surface area contributed by atoms with Crippen LogP contribution in [0.1, 0.15) is 10.5 Å². The van der Waals surface area contributed by atoms with Gasteiger partial charge < -0.3 is 10.2 Å². The molecule has 0 aliphatic carbocycles. The summed E-state index contributed by atoms with van der Waals surface area (Å²) in [6.07, 6.45) is 0. The quantitative estimate of drug-likeness (QED) is 0.430. The van der Waals surface area contributed by atoms with E-state index >= 15 is 0 Å². The van der Waals surface area contributed by atoms with Crippen molar-refractivity contribution >= 4 is 5.97 Å². The fourth-order valence-electron chi connectivity index (χ4n) is 2.28. The summed E-state index contributed by atoms with van der Waals surface area (Å²) in [6, 6.07) is 8.50. The first kappa shape index (κ1) is 16.5. The molecule has 0 saturated heterocycles. The number of phenols is 1. The molecule has 0 aliphatic heterocycles. The highest BCUT2D eigenvalue weighted by atomic mass is 19.2. The highest BCUT2D eigenvalue weighted by molar-refractivity contribution is 5.88. The van der Waals surface area contributed by atoms with Crippen LogP contribution in [0.3, 0.4) is 0 Å². The lowest BCUT2D eigenvalue weighted by molar-refractivity contribution is 0.0690. The SMILES string of the molecule is O=C(O)c1cc(-c2c(O)c(F)c(F)c(F)c2F)n(-c2ccccc2)n1. The van der Waals surface area contributed by atoms with E-state index in [1.165, 1.54) is 12.1 Å². The normalized spacial score (nSPS) is 10.9. The van der Waals surface area contributed by atoms with Gasteiger partial charge in [-0.1, -0.05) is 18.2 Å². The number of hydrogen-bond acceptors (Lipinski definition) is 3. The Hall–Kier alpha value is -3.36. The van der Waals surface area contributed by atoms with Crippen molar-refractivity contribution in [2.45, 2.75) is 0 Å². The van der Waals surface area contributed by atoms with Crippen molar-refractivity contribution in [3.8, 4) is 22.7 Å². The average Bonchev–Trinajstić information content (AvgIpc) is 3.04. The Balaban J connectivity index is 2.38. The van der Waals surface area contributed by atoms with Gasteiger partial charge in [-0.2, -0.15) is 9.49 Å². The number of hydrogen-bond donors (Lipinski definition) is 2. The lowest BCUT2D eigenvalue weighted by Crippen LogP contribution is -2.05. The predicted octanol–water partition coefficient (Wildman–Crippen LogP) is 3.50. The minimum absolute atomic E-state index is 0.231. The average molecular weight is 352 g/mol. The fraction of sp³-hybridized carbons (Fsp3) is 0. The van der Waals surface area contributed by atoms with E-state index in [0.29, 0.717) is 0 Å². The molecule has 0 atom stereocenters. The van der Waals surface area contributed by atoms with Gasteiger partial charge in [0.05, 0.1) is 16.9 Å². The van der Waals surface area contributed by atoms with Crippen molar-refractivity contribution in [2.75, 3.05) is 0 Å². The molecule has 1 heterocycles. The summed E-state index contributed by atoms with van der Waals surface area (Å²) in [4.78, 5) is 11.1. The van der Waals surface area contributed by atoms with Gasteiger partial charge >= 0.3 is 5.97 Å². The maximum atomic E-state index is 14.2. The number of nitrogens with zero attached hydrogens (tertiary/aromatic N) is 2. The monoisotopic (exact) mass is 352 g/mol. The molecule has 0 aliphatic rings. The van der Waals surface area contributed by atoms with Crippen molar-refractivity contribution in [3.63, 3.8) is 0 Å². The van der Waals surface area contributed by atoms with Crippen LogP contribution >= 0.6 is 0 Å². The van der Waals surface area contributed by atoms with Gasteiger partial charge in [-0.05, 0) is 18.2 Å². The van der Waals surface area contributed by atoms with Gasteiger partial charge in [-0.3, -0.25) is 0 Å². The van der Waals surface area contributed by atoms with Crippen LogP contribution in [0.5, 0.6) is 5.75 Å². The lowest BCUT2D eigenvalue weighted by Gasteiger charge is -2.11. The Morgan fingerprint density at radius 3 is 2.16 bits per heavy atom.